The maximum Gasteiger partial charge on any atom is 0.186 e. The molecule has 6 fully saturated rings. The van der Waals surface area contributed by atoms with Crippen LogP contribution in [0.15, 0.2) is 5.18 Å². The van der Waals surface area contributed by atoms with E-state index in [4.69, 9.17) is 56.8 Å². The predicted molar refractivity (Wildman–Crippen MR) is 300 cm³/mol. The Labute approximate surface area is 541 Å². The van der Waals surface area contributed by atoms with E-state index in [-0.39, 0.29) is 19.4 Å². The van der Waals surface area contributed by atoms with Gasteiger partial charge in [0.15, 0.2) is 37.7 Å². The zero-order valence-corrected chi connectivity index (χ0v) is 51.5. The molecule has 0 saturated carbocycles. The van der Waals surface area contributed by atoms with Crippen molar-refractivity contribution >= 4 is 0 Å². The number of aliphatic hydroxyl groups is 23. The molecule has 6 aliphatic rings. The number of hydrogen-bond acceptors (Lipinski definition) is 42. The Bertz CT molecular complexity index is 2060. The number of nitroso groups, excluding NO2 is 1. The fourth-order valence-electron chi connectivity index (χ4n) is 12.2. The number of nitrogens with one attached hydrogen (secondary N) is 3. The average Bonchev–Trinajstić information content (AvgIpc) is 0.822. The zero-order valence-electron chi connectivity index (χ0n) is 51.5. The van der Waals surface area contributed by atoms with Gasteiger partial charge in [-0.15, -0.1) is 0 Å². The van der Waals surface area contributed by atoms with E-state index < -0.39 is 305 Å². The van der Waals surface area contributed by atoms with Crippen molar-refractivity contribution < 1.29 is 185 Å². The Morgan fingerprint density at radius 2 is 0.589 bits per heavy atom. The molecule has 0 aromatic rings. The van der Waals surface area contributed by atoms with E-state index >= 15 is 0 Å². The van der Waals surface area contributed by atoms with Crippen LogP contribution >= 0.6 is 0 Å². The standard InChI is InChI=1S/C53H98N4O38/c1-54-6-19(55-81)2-4-27(56-82)52(14-85-47-41(76)36(71)31(66)22(8-59)91-47,15-86-48-42(77)37(72)32(67)23(9-60)92-48)13-84-46-30(65)20(29(64)21(7-58)90-46)3-5-28(57-83)53(16-87-49-43(78)38(73)33(68)24(10-61)93-49,17-88-50-44(79)39(74)34(69)25(11-62)94-50)18-89-51-45(80)40(75)35(70)26(12-63)95-51/h19-51,54,56-80,82-83H,2-18H2,1H3. The minimum Gasteiger partial charge on any atom is -0.394 e. The molecular weight excluding hydrogens is 1300 g/mol. The molecule has 6 rings (SSSR count). The molecule has 42 nitrogen and oxygen atoms in total. The third-order valence-electron chi connectivity index (χ3n) is 18.4. The maximum absolute atomic E-state index is 12.4. The first kappa shape index (κ1) is 82.0. The lowest BCUT2D eigenvalue weighted by Gasteiger charge is -2.48. The lowest BCUT2D eigenvalue weighted by atomic mass is 9.76. The lowest BCUT2D eigenvalue weighted by molar-refractivity contribution is -0.334. The second-order valence-corrected chi connectivity index (χ2v) is 24.8. The Kier molecular flexibility index (Phi) is 32.6. The normalized spacial score (nSPS) is 43.6. The monoisotopic (exact) mass is 1400 g/mol. The Morgan fingerprint density at radius 3 is 0.821 bits per heavy atom. The molecule has 558 valence electrons. The van der Waals surface area contributed by atoms with Crippen molar-refractivity contribution in [3.8, 4) is 0 Å². The zero-order chi connectivity index (χ0) is 70.4. The molecule has 0 spiro atoms. The minimum atomic E-state index is -2.28. The number of rotatable bonds is 37. The van der Waals surface area contributed by atoms with Crippen LogP contribution in [0.4, 0.5) is 0 Å². The summed E-state index contributed by atoms with van der Waals surface area (Å²) in [6, 6.07) is -4.30. The van der Waals surface area contributed by atoms with Crippen LogP contribution in [0.3, 0.4) is 0 Å². The summed E-state index contributed by atoms with van der Waals surface area (Å²) >= 11 is 0. The molecule has 6 aliphatic heterocycles. The van der Waals surface area contributed by atoms with E-state index in [1.165, 1.54) is 7.05 Å². The van der Waals surface area contributed by atoms with Crippen molar-refractivity contribution in [1.82, 2.24) is 16.3 Å². The molecule has 33 atom stereocenters. The summed E-state index contributed by atoms with van der Waals surface area (Å²) < 4.78 is 70.2. The lowest BCUT2D eigenvalue weighted by Crippen LogP contribution is -2.63. The van der Waals surface area contributed by atoms with Crippen molar-refractivity contribution in [2.45, 2.75) is 222 Å². The first-order valence-electron chi connectivity index (χ1n) is 30.8. The van der Waals surface area contributed by atoms with Crippen molar-refractivity contribution in [3.63, 3.8) is 0 Å². The first-order chi connectivity index (χ1) is 45.1. The molecule has 42 heteroatoms. The van der Waals surface area contributed by atoms with Crippen molar-refractivity contribution in [3.05, 3.63) is 4.91 Å². The van der Waals surface area contributed by atoms with Crippen LogP contribution in [0, 0.1) is 21.7 Å². The second-order valence-electron chi connectivity index (χ2n) is 24.8. The van der Waals surface area contributed by atoms with E-state index in [9.17, 15) is 133 Å². The molecule has 6 heterocycles. The fourth-order valence-corrected chi connectivity index (χ4v) is 12.2. The molecule has 0 bridgehead atoms. The highest BCUT2D eigenvalue weighted by Gasteiger charge is 2.55. The molecule has 0 amide bonds. The smallest absolute Gasteiger partial charge is 0.186 e. The molecule has 0 aromatic carbocycles. The van der Waals surface area contributed by atoms with Crippen molar-refractivity contribution in [2.24, 2.45) is 21.9 Å². The number of ether oxygens (including phenoxy) is 12. The number of hydrogen-bond donors (Lipinski definition) is 28. The summed E-state index contributed by atoms with van der Waals surface area (Å²) in [7, 11) is 1.50. The molecule has 0 radical (unpaired) electrons. The van der Waals surface area contributed by atoms with E-state index in [0.717, 1.165) is 0 Å². The van der Waals surface area contributed by atoms with Crippen molar-refractivity contribution in [1.29, 1.82) is 0 Å². The second kappa shape index (κ2) is 37.8. The van der Waals surface area contributed by atoms with Gasteiger partial charge < -0.3 is 190 Å². The van der Waals surface area contributed by atoms with Crippen LogP contribution in [0.25, 0.3) is 0 Å². The number of likely N-dealkylation sites (N-methyl/N-ethyl adjacent to an activating group) is 1. The molecule has 95 heavy (non-hydrogen) atoms. The minimum absolute atomic E-state index is 0.0160. The fraction of sp³-hybridized carbons (Fsp3) is 1.00. The third-order valence-corrected chi connectivity index (χ3v) is 18.4. The van der Waals surface area contributed by atoms with Gasteiger partial charge in [0, 0.05) is 24.5 Å². The first-order valence-corrected chi connectivity index (χ1v) is 30.8. The Hall–Kier alpha value is -2.00. The third kappa shape index (κ3) is 19.2. The van der Waals surface area contributed by atoms with Crippen LogP contribution in [-0.2, 0) is 56.8 Å². The molecule has 6 saturated heterocycles. The van der Waals surface area contributed by atoms with E-state index in [1.807, 2.05) is 5.48 Å². The summed E-state index contributed by atoms with van der Waals surface area (Å²) in [4.78, 5) is 12.0. The van der Waals surface area contributed by atoms with Gasteiger partial charge in [0.1, 0.15) is 140 Å². The van der Waals surface area contributed by atoms with Crippen LogP contribution < -0.4 is 16.3 Å². The van der Waals surface area contributed by atoms with Crippen LogP contribution in [0.5, 0.6) is 0 Å². The largest absolute Gasteiger partial charge is 0.394 e. The van der Waals surface area contributed by atoms with Crippen LogP contribution in [-0.4, -0.2) is 417 Å². The summed E-state index contributed by atoms with van der Waals surface area (Å²) in [5, 5.41) is 275. The van der Waals surface area contributed by atoms with Gasteiger partial charge >= 0.3 is 0 Å². The maximum atomic E-state index is 12.4. The average molecular weight is 1400 g/mol. The summed E-state index contributed by atoms with van der Waals surface area (Å²) in [6.07, 6.45) is -57.7. The predicted octanol–water partition coefficient (Wildman–Crippen LogP) is -15.3. The van der Waals surface area contributed by atoms with Gasteiger partial charge in [-0.3, -0.25) is 0 Å². The van der Waals surface area contributed by atoms with Gasteiger partial charge in [-0.05, 0) is 32.7 Å². The van der Waals surface area contributed by atoms with Gasteiger partial charge in [0.2, 0.25) is 0 Å². The van der Waals surface area contributed by atoms with Gasteiger partial charge in [-0.1, -0.05) is 5.18 Å². The summed E-state index contributed by atoms with van der Waals surface area (Å²) in [5.74, 6) is -1.61. The topological polar surface area (TPSA) is 682 Å². The Balaban J connectivity index is 1.40. The highest BCUT2D eigenvalue weighted by atomic mass is 16.7. The van der Waals surface area contributed by atoms with E-state index in [0.29, 0.717) is 0 Å². The van der Waals surface area contributed by atoms with Crippen LogP contribution in [0.2, 0.25) is 0 Å². The quantitative estimate of drug-likeness (QED) is 0.0203. The van der Waals surface area contributed by atoms with Gasteiger partial charge in [0.05, 0.1) is 96.2 Å². The Morgan fingerprint density at radius 1 is 0.347 bits per heavy atom. The number of aliphatic hydroxyl groups excluding tert-OH is 23. The van der Waals surface area contributed by atoms with E-state index in [2.05, 4.69) is 16.0 Å². The molecular formula is C53H98N4O38. The summed E-state index contributed by atoms with van der Waals surface area (Å²) in [5.41, 5.74) is -0.339. The highest BCUT2D eigenvalue weighted by Crippen LogP contribution is 2.40. The molecule has 0 aliphatic carbocycles. The van der Waals surface area contributed by atoms with E-state index in [1.54, 1.807) is 0 Å². The van der Waals surface area contributed by atoms with Crippen LogP contribution in [0.1, 0.15) is 25.7 Å². The number of nitrogens with zero attached hydrogens (tertiary/aromatic N) is 1. The highest BCUT2D eigenvalue weighted by molar-refractivity contribution is 5.00. The van der Waals surface area contributed by atoms with Gasteiger partial charge in [0.25, 0.3) is 0 Å². The number of hydroxylamine groups is 2. The SMILES string of the molecule is CNCC(CCC(NO)C(COC1OC(CO)C(O)C(O)C1O)(COC1OC(CO)C(O)C(O)C1O)COC1OC(CO)C(O)C(CCC(NO)C(COC2OC(CO)C(O)C(O)C2O)(COC2OC(CO)C(O)C(O)C2O)COC2OC(CO)C(O)C(O)C2O)C1O)N=O. The molecule has 33 unspecified atom stereocenters. The van der Waals surface area contributed by atoms with Crippen molar-refractivity contribution in [2.75, 3.05) is 92.9 Å². The molecule has 28 N–H and O–H groups in total. The van der Waals surface area contributed by atoms with Gasteiger partial charge in [-0.2, -0.15) is 4.91 Å². The van der Waals surface area contributed by atoms with Gasteiger partial charge in [-0.25, -0.2) is 11.0 Å². The molecule has 0 aromatic heterocycles. The summed E-state index contributed by atoms with van der Waals surface area (Å²) in [6.45, 7) is -11.7.